The fraction of sp³-hybridized carbons (Fsp3) is 0.562. The van der Waals surface area contributed by atoms with Gasteiger partial charge in [0.25, 0.3) is 0 Å². The van der Waals surface area contributed by atoms with Crippen LogP contribution in [0.5, 0.6) is 0 Å². The molecule has 1 aliphatic heterocycles. The Bertz CT molecular complexity index is 680. The quantitative estimate of drug-likeness (QED) is 0.841. The molecule has 0 aromatic heterocycles. The Morgan fingerprint density at radius 2 is 1.96 bits per heavy atom. The number of hydrogen-bond acceptors (Lipinski definition) is 3. The number of sulfonamides is 1. The van der Waals surface area contributed by atoms with Crippen LogP contribution in [0.4, 0.5) is 5.69 Å². The normalized spacial score (nSPS) is 19.6. The first-order valence-electron chi connectivity index (χ1n) is 7.80. The van der Waals surface area contributed by atoms with Gasteiger partial charge in [0.1, 0.15) is 0 Å². The Morgan fingerprint density at radius 3 is 2.52 bits per heavy atom. The second-order valence-electron chi connectivity index (χ2n) is 6.00. The molecule has 1 amide bonds. The monoisotopic (exact) mass is 402 g/mol. The van der Waals surface area contributed by atoms with E-state index in [0.717, 1.165) is 34.1 Å². The van der Waals surface area contributed by atoms with Crippen molar-refractivity contribution in [2.75, 3.05) is 24.2 Å². The lowest BCUT2D eigenvalue weighted by atomic mass is 9.98. The predicted octanol–water partition coefficient (Wildman–Crippen LogP) is 3.07. The molecular weight excluding hydrogens is 380 g/mol. The number of rotatable bonds is 4. The van der Waals surface area contributed by atoms with E-state index in [0.29, 0.717) is 6.54 Å². The molecule has 2 rings (SSSR count). The number of hydrogen-bond donors (Lipinski definition) is 1. The molecule has 128 valence electrons. The Kier molecular flexibility index (Phi) is 5.86. The maximum Gasteiger partial charge on any atom is 0.228 e. The van der Waals surface area contributed by atoms with Gasteiger partial charge < -0.3 is 5.32 Å². The molecule has 1 aliphatic rings. The van der Waals surface area contributed by atoms with Gasteiger partial charge in [-0.15, -0.1) is 0 Å². The van der Waals surface area contributed by atoms with Gasteiger partial charge in [-0.25, -0.2) is 12.7 Å². The van der Waals surface area contributed by atoms with Crippen molar-refractivity contribution in [2.45, 2.75) is 33.6 Å². The number of halogens is 1. The van der Waals surface area contributed by atoms with Gasteiger partial charge in [-0.05, 0) is 56.9 Å². The zero-order valence-corrected chi connectivity index (χ0v) is 16.1. The number of piperidine rings is 1. The van der Waals surface area contributed by atoms with Crippen LogP contribution in [0.25, 0.3) is 0 Å². The van der Waals surface area contributed by atoms with Crippen molar-refractivity contribution in [2.24, 2.45) is 5.92 Å². The average molecular weight is 403 g/mol. The van der Waals surface area contributed by atoms with Crippen molar-refractivity contribution in [1.29, 1.82) is 0 Å². The van der Waals surface area contributed by atoms with E-state index in [1.165, 1.54) is 4.31 Å². The lowest BCUT2D eigenvalue weighted by Gasteiger charge is -2.31. The molecule has 0 unspecified atom stereocenters. The van der Waals surface area contributed by atoms with Crippen LogP contribution in [0, 0.1) is 19.8 Å². The van der Waals surface area contributed by atoms with Crippen LogP contribution in [0.1, 0.15) is 30.9 Å². The number of nitrogens with one attached hydrogen (secondary N) is 1. The van der Waals surface area contributed by atoms with Crippen LogP contribution in [-0.2, 0) is 14.8 Å². The van der Waals surface area contributed by atoms with E-state index < -0.39 is 10.0 Å². The number of carbonyl (C=O) groups is 1. The van der Waals surface area contributed by atoms with Crippen LogP contribution in [0.3, 0.4) is 0 Å². The van der Waals surface area contributed by atoms with E-state index >= 15 is 0 Å². The van der Waals surface area contributed by atoms with E-state index in [2.05, 4.69) is 21.2 Å². The molecule has 1 saturated heterocycles. The summed E-state index contributed by atoms with van der Waals surface area (Å²) in [6.07, 6.45) is 1.44. The Hall–Kier alpha value is -0.920. The molecule has 1 fully saturated rings. The first-order chi connectivity index (χ1) is 10.7. The largest absolute Gasteiger partial charge is 0.325 e. The summed E-state index contributed by atoms with van der Waals surface area (Å²) in [5.41, 5.74) is 2.78. The Labute approximate surface area is 146 Å². The average Bonchev–Trinajstić information content (AvgIpc) is 2.50. The van der Waals surface area contributed by atoms with Crippen LogP contribution in [0.2, 0.25) is 0 Å². The smallest absolute Gasteiger partial charge is 0.228 e. The second-order valence-corrected chi connectivity index (χ2v) is 9.17. The third-order valence-corrected chi connectivity index (χ3v) is 6.56. The van der Waals surface area contributed by atoms with Gasteiger partial charge in [0.2, 0.25) is 15.9 Å². The predicted molar refractivity (Wildman–Crippen MR) is 96.0 cm³/mol. The summed E-state index contributed by atoms with van der Waals surface area (Å²) in [4.78, 5) is 12.6. The van der Waals surface area contributed by atoms with Crippen molar-refractivity contribution in [1.82, 2.24) is 4.31 Å². The molecule has 1 atom stereocenters. The minimum atomic E-state index is -3.24. The molecule has 1 heterocycles. The van der Waals surface area contributed by atoms with Crippen LogP contribution in [-0.4, -0.2) is 37.5 Å². The first kappa shape index (κ1) is 18.4. The van der Waals surface area contributed by atoms with Crippen molar-refractivity contribution < 1.29 is 13.2 Å². The fourth-order valence-corrected chi connectivity index (χ4v) is 4.79. The highest BCUT2D eigenvalue weighted by Crippen LogP contribution is 2.27. The maximum atomic E-state index is 12.6. The number of nitrogens with zero attached hydrogens (tertiary/aromatic N) is 1. The van der Waals surface area contributed by atoms with Gasteiger partial charge in [-0.1, -0.05) is 15.9 Å². The Balaban J connectivity index is 2.12. The van der Waals surface area contributed by atoms with E-state index in [1.807, 2.05) is 26.0 Å². The topological polar surface area (TPSA) is 66.5 Å². The summed E-state index contributed by atoms with van der Waals surface area (Å²) in [5, 5.41) is 2.98. The highest BCUT2D eigenvalue weighted by molar-refractivity contribution is 9.10. The molecule has 1 aromatic rings. The van der Waals surface area contributed by atoms with Gasteiger partial charge in [-0.2, -0.15) is 0 Å². The molecule has 0 aliphatic carbocycles. The van der Waals surface area contributed by atoms with Gasteiger partial charge >= 0.3 is 0 Å². The molecule has 0 bridgehead atoms. The molecule has 0 saturated carbocycles. The Morgan fingerprint density at radius 1 is 1.35 bits per heavy atom. The highest BCUT2D eigenvalue weighted by atomic mass is 79.9. The minimum absolute atomic E-state index is 0.0757. The fourth-order valence-electron chi connectivity index (χ4n) is 2.92. The van der Waals surface area contributed by atoms with Gasteiger partial charge in [0.15, 0.2) is 0 Å². The molecule has 23 heavy (non-hydrogen) atoms. The molecular formula is C16H23BrN2O3S. The molecule has 5 nitrogen and oxygen atoms in total. The minimum Gasteiger partial charge on any atom is -0.325 e. The summed E-state index contributed by atoms with van der Waals surface area (Å²) in [7, 11) is -3.24. The molecule has 1 N–H and O–H groups in total. The lowest BCUT2D eigenvalue weighted by Crippen LogP contribution is -2.44. The van der Waals surface area contributed by atoms with Gasteiger partial charge in [-0.3, -0.25) is 4.79 Å². The lowest BCUT2D eigenvalue weighted by molar-refractivity contribution is -0.120. The number of amides is 1. The number of aryl methyl sites for hydroxylation is 2. The number of benzene rings is 1. The SMILES string of the molecule is CCS(=O)(=O)N1CCC[C@H](C(=O)Nc2c(C)cc(Br)cc2C)C1. The van der Waals surface area contributed by atoms with Crippen LogP contribution in [0.15, 0.2) is 16.6 Å². The number of carbonyl (C=O) groups excluding carboxylic acids is 1. The summed E-state index contributed by atoms with van der Waals surface area (Å²) in [5.74, 6) is -0.325. The summed E-state index contributed by atoms with van der Waals surface area (Å²) >= 11 is 3.44. The summed E-state index contributed by atoms with van der Waals surface area (Å²) in [6.45, 7) is 6.31. The van der Waals surface area contributed by atoms with Gasteiger partial charge in [0.05, 0.1) is 11.7 Å². The molecule has 1 aromatic carbocycles. The van der Waals surface area contributed by atoms with E-state index in [9.17, 15) is 13.2 Å². The zero-order valence-electron chi connectivity index (χ0n) is 13.7. The second kappa shape index (κ2) is 7.32. The van der Waals surface area contributed by atoms with Gasteiger partial charge in [0, 0.05) is 23.2 Å². The highest BCUT2D eigenvalue weighted by Gasteiger charge is 2.31. The van der Waals surface area contributed by atoms with Crippen molar-refractivity contribution in [3.63, 3.8) is 0 Å². The van der Waals surface area contributed by atoms with E-state index in [1.54, 1.807) is 6.92 Å². The summed E-state index contributed by atoms with van der Waals surface area (Å²) < 4.78 is 26.5. The van der Waals surface area contributed by atoms with E-state index in [4.69, 9.17) is 0 Å². The van der Waals surface area contributed by atoms with Crippen LogP contribution < -0.4 is 5.32 Å². The first-order valence-corrected chi connectivity index (χ1v) is 10.2. The van der Waals surface area contributed by atoms with Crippen molar-refractivity contribution >= 4 is 37.5 Å². The van der Waals surface area contributed by atoms with E-state index in [-0.39, 0.29) is 24.1 Å². The third-order valence-electron chi connectivity index (χ3n) is 4.26. The third kappa shape index (κ3) is 4.33. The maximum absolute atomic E-state index is 12.6. The number of anilines is 1. The van der Waals surface area contributed by atoms with Crippen molar-refractivity contribution in [3.05, 3.63) is 27.7 Å². The van der Waals surface area contributed by atoms with Crippen molar-refractivity contribution in [3.8, 4) is 0 Å². The zero-order chi connectivity index (χ0) is 17.2. The standard InChI is InChI=1S/C16H23BrN2O3S/c1-4-23(21,22)19-7-5-6-13(10-19)16(20)18-15-11(2)8-14(17)9-12(15)3/h8-9,13H,4-7,10H2,1-3H3,(H,18,20)/t13-/m0/s1. The van der Waals surface area contributed by atoms with Crippen LogP contribution >= 0.6 is 15.9 Å². The molecule has 7 heteroatoms. The molecule has 0 spiro atoms. The molecule has 0 radical (unpaired) electrons. The summed E-state index contributed by atoms with van der Waals surface area (Å²) in [6, 6.07) is 3.91.